The van der Waals surface area contributed by atoms with E-state index in [-0.39, 0.29) is 0 Å². The van der Waals surface area contributed by atoms with E-state index in [4.69, 9.17) is 9.47 Å². The number of benzene rings is 2. The fraction of sp³-hybridized carbons (Fsp3) is 0.304. The highest BCUT2D eigenvalue weighted by atomic mass is 16.5. The van der Waals surface area contributed by atoms with E-state index in [1.165, 1.54) is 0 Å². The summed E-state index contributed by atoms with van der Waals surface area (Å²) in [5, 5.41) is 12.1. The molecule has 7 nitrogen and oxygen atoms in total. The van der Waals surface area contributed by atoms with Crippen LogP contribution < -0.4 is 4.74 Å². The van der Waals surface area contributed by atoms with Gasteiger partial charge in [-0.1, -0.05) is 18.2 Å². The molecule has 7 heteroatoms. The van der Waals surface area contributed by atoms with E-state index in [0.29, 0.717) is 6.61 Å². The standard InChI is InChI=1S/C23H24N4O3/c28-27-15-20(18-4-1-2-5-22(18)27)23-19-7-6-17(14-21(19)24-16-25-23)30-11-3-8-26-9-12-29-13-10-26/h1-2,4-7,14-16,28H,3,8-13H2. The van der Waals surface area contributed by atoms with E-state index >= 15 is 0 Å². The third kappa shape index (κ3) is 3.69. The van der Waals surface area contributed by atoms with Gasteiger partial charge >= 0.3 is 0 Å². The fourth-order valence-corrected chi connectivity index (χ4v) is 4.00. The predicted molar refractivity (Wildman–Crippen MR) is 115 cm³/mol. The molecule has 0 aliphatic carbocycles. The van der Waals surface area contributed by atoms with Crippen LogP contribution in [0.4, 0.5) is 0 Å². The summed E-state index contributed by atoms with van der Waals surface area (Å²) in [5.41, 5.74) is 3.24. The Morgan fingerprint density at radius 2 is 1.90 bits per heavy atom. The van der Waals surface area contributed by atoms with E-state index in [2.05, 4.69) is 14.9 Å². The van der Waals surface area contributed by atoms with Gasteiger partial charge in [0.15, 0.2) is 0 Å². The molecule has 154 valence electrons. The molecular weight excluding hydrogens is 380 g/mol. The maximum absolute atomic E-state index is 10.2. The van der Waals surface area contributed by atoms with Gasteiger partial charge < -0.3 is 14.7 Å². The van der Waals surface area contributed by atoms with Crippen LogP contribution >= 0.6 is 0 Å². The van der Waals surface area contributed by atoms with E-state index in [9.17, 15) is 5.21 Å². The van der Waals surface area contributed by atoms with Crippen molar-refractivity contribution in [2.45, 2.75) is 6.42 Å². The van der Waals surface area contributed by atoms with E-state index in [0.717, 1.165) is 82.8 Å². The first kappa shape index (κ1) is 18.8. The summed E-state index contributed by atoms with van der Waals surface area (Å²) < 4.78 is 12.5. The molecule has 1 saturated heterocycles. The third-order valence-electron chi connectivity index (χ3n) is 5.55. The minimum absolute atomic E-state index is 0.665. The quantitative estimate of drug-likeness (QED) is 0.391. The summed E-state index contributed by atoms with van der Waals surface area (Å²) in [5.74, 6) is 0.804. The van der Waals surface area contributed by atoms with Gasteiger partial charge in [0.1, 0.15) is 12.1 Å². The average molecular weight is 404 g/mol. The van der Waals surface area contributed by atoms with Gasteiger partial charge in [0.05, 0.1) is 42.7 Å². The average Bonchev–Trinajstić information content (AvgIpc) is 3.13. The molecule has 3 heterocycles. The van der Waals surface area contributed by atoms with Gasteiger partial charge in [-0.25, -0.2) is 9.97 Å². The topological polar surface area (TPSA) is 72.6 Å². The Labute approximate surface area is 174 Å². The molecule has 1 aliphatic heterocycles. The Morgan fingerprint density at radius 1 is 1.03 bits per heavy atom. The van der Waals surface area contributed by atoms with Crippen molar-refractivity contribution in [3.05, 3.63) is 55.0 Å². The van der Waals surface area contributed by atoms with Gasteiger partial charge in [0.2, 0.25) is 0 Å². The van der Waals surface area contributed by atoms with Crippen molar-refractivity contribution in [3.63, 3.8) is 0 Å². The first-order valence-corrected chi connectivity index (χ1v) is 10.3. The molecule has 2 aromatic heterocycles. The molecule has 30 heavy (non-hydrogen) atoms. The maximum Gasteiger partial charge on any atom is 0.121 e. The molecule has 0 unspecified atom stereocenters. The molecule has 0 radical (unpaired) electrons. The van der Waals surface area contributed by atoms with Crippen LogP contribution in [0.25, 0.3) is 33.1 Å². The highest BCUT2D eigenvalue weighted by molar-refractivity contribution is 6.02. The number of hydrogen-bond acceptors (Lipinski definition) is 6. The number of rotatable bonds is 6. The summed E-state index contributed by atoms with van der Waals surface area (Å²) in [6.07, 6.45) is 4.23. The molecule has 4 aromatic rings. The zero-order valence-corrected chi connectivity index (χ0v) is 16.7. The number of ether oxygens (including phenoxy) is 2. The highest BCUT2D eigenvalue weighted by Gasteiger charge is 2.14. The first-order valence-electron chi connectivity index (χ1n) is 10.3. The Morgan fingerprint density at radius 3 is 2.80 bits per heavy atom. The minimum Gasteiger partial charge on any atom is -0.493 e. The highest BCUT2D eigenvalue weighted by Crippen LogP contribution is 2.33. The second kappa shape index (κ2) is 8.30. The fourth-order valence-electron chi connectivity index (χ4n) is 4.00. The lowest BCUT2D eigenvalue weighted by molar-refractivity contribution is 0.0358. The van der Waals surface area contributed by atoms with Crippen LogP contribution in [0.5, 0.6) is 5.75 Å². The molecule has 1 aliphatic rings. The van der Waals surface area contributed by atoms with E-state index < -0.39 is 0 Å². The Bertz CT molecular complexity index is 1170. The number of aromatic nitrogens is 3. The van der Waals surface area contributed by atoms with Crippen LogP contribution in [0.1, 0.15) is 6.42 Å². The number of morpholine rings is 1. The van der Waals surface area contributed by atoms with Crippen LogP contribution in [-0.4, -0.2) is 64.3 Å². The van der Waals surface area contributed by atoms with Crippen LogP contribution in [0.2, 0.25) is 0 Å². The summed E-state index contributed by atoms with van der Waals surface area (Å²) in [7, 11) is 0. The van der Waals surface area contributed by atoms with Gasteiger partial charge in [-0.2, -0.15) is 4.73 Å². The summed E-state index contributed by atoms with van der Waals surface area (Å²) in [6, 6.07) is 13.6. The molecule has 0 saturated carbocycles. The molecule has 1 N–H and O–H groups in total. The summed E-state index contributed by atoms with van der Waals surface area (Å²) >= 11 is 0. The molecule has 2 aromatic carbocycles. The van der Waals surface area contributed by atoms with Crippen molar-refractivity contribution in [1.82, 2.24) is 19.6 Å². The van der Waals surface area contributed by atoms with Crippen LogP contribution in [0.3, 0.4) is 0 Å². The molecule has 0 amide bonds. The Balaban J connectivity index is 1.35. The van der Waals surface area contributed by atoms with Crippen molar-refractivity contribution >= 4 is 21.8 Å². The zero-order valence-electron chi connectivity index (χ0n) is 16.7. The van der Waals surface area contributed by atoms with E-state index in [1.54, 1.807) is 12.5 Å². The van der Waals surface area contributed by atoms with Crippen molar-refractivity contribution in [3.8, 4) is 17.0 Å². The smallest absolute Gasteiger partial charge is 0.121 e. The minimum atomic E-state index is 0.665. The monoisotopic (exact) mass is 404 g/mol. The van der Waals surface area contributed by atoms with Gasteiger partial charge in [0, 0.05) is 42.0 Å². The molecule has 0 spiro atoms. The largest absolute Gasteiger partial charge is 0.493 e. The lowest BCUT2D eigenvalue weighted by atomic mass is 10.1. The van der Waals surface area contributed by atoms with Crippen LogP contribution in [0.15, 0.2) is 55.0 Å². The number of hydrogen-bond donors (Lipinski definition) is 1. The molecule has 0 atom stereocenters. The summed E-state index contributed by atoms with van der Waals surface area (Å²) in [6.45, 7) is 5.33. The lowest BCUT2D eigenvalue weighted by Gasteiger charge is -2.26. The Hall–Kier alpha value is -3.16. The van der Waals surface area contributed by atoms with Crippen LogP contribution in [0, 0.1) is 0 Å². The molecule has 5 rings (SSSR count). The van der Waals surface area contributed by atoms with Crippen LogP contribution in [-0.2, 0) is 4.74 Å². The van der Waals surface area contributed by atoms with E-state index in [1.807, 2.05) is 42.5 Å². The van der Waals surface area contributed by atoms with Crippen molar-refractivity contribution in [1.29, 1.82) is 0 Å². The van der Waals surface area contributed by atoms with Crippen molar-refractivity contribution in [2.75, 3.05) is 39.5 Å². The maximum atomic E-state index is 10.2. The van der Waals surface area contributed by atoms with Gasteiger partial charge in [-0.05, 0) is 24.6 Å². The second-order valence-electron chi connectivity index (χ2n) is 7.46. The Kier molecular flexibility index (Phi) is 5.21. The van der Waals surface area contributed by atoms with Gasteiger partial charge in [-0.3, -0.25) is 4.90 Å². The van der Waals surface area contributed by atoms with Crippen molar-refractivity contribution < 1.29 is 14.7 Å². The molecule has 1 fully saturated rings. The number of para-hydroxylation sites is 1. The zero-order chi connectivity index (χ0) is 20.3. The van der Waals surface area contributed by atoms with Gasteiger partial charge in [-0.15, -0.1) is 0 Å². The third-order valence-corrected chi connectivity index (χ3v) is 5.55. The SMILES string of the molecule is On1cc(-c2ncnc3cc(OCCCN4CCOCC4)ccc23)c2ccccc21. The normalized spacial score (nSPS) is 15.1. The predicted octanol–water partition coefficient (Wildman–Crippen LogP) is 3.59. The number of fused-ring (bicyclic) bond motifs is 2. The first-order chi connectivity index (χ1) is 14.8. The molecular formula is C23H24N4O3. The lowest BCUT2D eigenvalue weighted by Crippen LogP contribution is -2.37. The van der Waals surface area contributed by atoms with Gasteiger partial charge in [0.25, 0.3) is 0 Å². The second-order valence-corrected chi connectivity index (χ2v) is 7.46. The molecule has 0 bridgehead atoms. The summed E-state index contributed by atoms with van der Waals surface area (Å²) in [4.78, 5) is 11.3. The van der Waals surface area contributed by atoms with Crippen molar-refractivity contribution in [2.24, 2.45) is 0 Å². The number of nitrogens with zero attached hydrogens (tertiary/aromatic N) is 4.